The fourth-order valence-electron chi connectivity index (χ4n) is 2.55. The lowest BCUT2D eigenvalue weighted by Crippen LogP contribution is -2.52. The summed E-state index contributed by atoms with van der Waals surface area (Å²) in [5.41, 5.74) is 0.0362. The van der Waals surface area contributed by atoms with Gasteiger partial charge in [0, 0.05) is 12.1 Å². The number of rotatable bonds is 3. The summed E-state index contributed by atoms with van der Waals surface area (Å²) in [5.74, 6) is 0.578. The predicted molar refractivity (Wildman–Crippen MR) is 85.5 cm³/mol. The minimum Gasteiger partial charge on any atom is -0.496 e. The number of carbonyl (C=O) groups is 1. The van der Waals surface area contributed by atoms with Crippen molar-refractivity contribution in [3.05, 3.63) is 29.8 Å². The van der Waals surface area contributed by atoms with Crippen molar-refractivity contribution in [2.24, 2.45) is 0 Å². The van der Waals surface area contributed by atoms with E-state index in [4.69, 9.17) is 14.2 Å². The number of para-hydroxylation sites is 1. The number of carbonyl (C=O) groups excluding carboxylic acids is 1. The van der Waals surface area contributed by atoms with Gasteiger partial charge < -0.3 is 19.3 Å². The summed E-state index contributed by atoms with van der Waals surface area (Å²) in [6, 6.07) is 6.70. The SMILES string of the molecule is COc1ccccc1C(O)C1COCCN1C(=O)OC(C)(C)C. The topological polar surface area (TPSA) is 68.2 Å². The summed E-state index contributed by atoms with van der Waals surface area (Å²) in [5, 5.41) is 10.8. The molecule has 6 heteroatoms. The van der Waals surface area contributed by atoms with E-state index in [-0.39, 0.29) is 6.61 Å². The molecule has 1 aliphatic rings. The number of nitrogens with zero attached hydrogens (tertiary/aromatic N) is 1. The fourth-order valence-corrected chi connectivity index (χ4v) is 2.55. The average Bonchev–Trinajstić information content (AvgIpc) is 2.52. The summed E-state index contributed by atoms with van der Waals surface area (Å²) in [6.07, 6.45) is -1.36. The molecule has 1 aromatic rings. The van der Waals surface area contributed by atoms with Crippen molar-refractivity contribution in [2.45, 2.75) is 38.5 Å². The van der Waals surface area contributed by atoms with E-state index in [0.29, 0.717) is 24.5 Å². The van der Waals surface area contributed by atoms with E-state index in [2.05, 4.69) is 0 Å². The third-order valence-electron chi connectivity index (χ3n) is 3.62. The van der Waals surface area contributed by atoms with Crippen molar-refractivity contribution in [3.8, 4) is 5.75 Å². The Morgan fingerprint density at radius 2 is 2.09 bits per heavy atom. The Morgan fingerprint density at radius 1 is 1.39 bits per heavy atom. The number of aliphatic hydroxyl groups excluding tert-OH is 1. The van der Waals surface area contributed by atoms with E-state index in [9.17, 15) is 9.90 Å². The van der Waals surface area contributed by atoms with Gasteiger partial charge in [0.2, 0.25) is 0 Å². The van der Waals surface area contributed by atoms with Crippen LogP contribution in [-0.2, 0) is 9.47 Å². The first kappa shape index (κ1) is 17.6. The molecule has 0 radical (unpaired) electrons. The summed E-state index contributed by atoms with van der Waals surface area (Å²) in [6.45, 7) is 6.50. The Kier molecular flexibility index (Phi) is 5.49. The maximum Gasteiger partial charge on any atom is 0.410 e. The molecule has 0 aromatic heterocycles. The number of hydrogen-bond donors (Lipinski definition) is 1. The number of morpholine rings is 1. The third-order valence-corrected chi connectivity index (χ3v) is 3.62. The molecule has 0 spiro atoms. The normalized spacial score (nSPS) is 20.0. The molecule has 2 unspecified atom stereocenters. The first-order valence-electron chi connectivity index (χ1n) is 7.72. The number of amides is 1. The van der Waals surface area contributed by atoms with Crippen LogP contribution in [0.4, 0.5) is 4.79 Å². The zero-order valence-corrected chi connectivity index (χ0v) is 14.1. The van der Waals surface area contributed by atoms with Crippen molar-refractivity contribution in [3.63, 3.8) is 0 Å². The van der Waals surface area contributed by atoms with E-state index in [1.165, 1.54) is 4.90 Å². The van der Waals surface area contributed by atoms with Gasteiger partial charge in [0.25, 0.3) is 0 Å². The molecule has 1 amide bonds. The van der Waals surface area contributed by atoms with Gasteiger partial charge in [-0.15, -0.1) is 0 Å². The number of benzene rings is 1. The fraction of sp³-hybridized carbons (Fsp3) is 0.588. The van der Waals surface area contributed by atoms with Crippen molar-refractivity contribution in [2.75, 3.05) is 26.9 Å². The molecular weight excluding hydrogens is 298 g/mol. The second-order valence-electron chi connectivity index (χ2n) is 6.50. The first-order valence-corrected chi connectivity index (χ1v) is 7.72. The highest BCUT2D eigenvalue weighted by Crippen LogP contribution is 2.31. The Bertz CT molecular complexity index is 540. The zero-order valence-electron chi connectivity index (χ0n) is 14.1. The molecule has 2 atom stereocenters. The van der Waals surface area contributed by atoms with Gasteiger partial charge >= 0.3 is 6.09 Å². The van der Waals surface area contributed by atoms with Crippen LogP contribution in [0, 0.1) is 0 Å². The van der Waals surface area contributed by atoms with Gasteiger partial charge in [0.15, 0.2) is 0 Å². The molecule has 1 aromatic carbocycles. The molecule has 0 saturated carbocycles. The summed E-state index contributed by atoms with van der Waals surface area (Å²) in [4.78, 5) is 14.0. The molecule has 0 bridgehead atoms. The second-order valence-corrected chi connectivity index (χ2v) is 6.50. The Hall–Kier alpha value is -1.79. The van der Waals surface area contributed by atoms with Crippen LogP contribution < -0.4 is 4.74 Å². The molecule has 1 fully saturated rings. The molecular formula is C17H25NO5. The van der Waals surface area contributed by atoms with Gasteiger partial charge in [0.1, 0.15) is 17.5 Å². The van der Waals surface area contributed by atoms with Gasteiger partial charge in [-0.25, -0.2) is 4.79 Å². The quantitative estimate of drug-likeness (QED) is 0.925. The standard InChI is InChI=1S/C17H25NO5/c1-17(2,3)23-16(20)18-9-10-22-11-13(18)15(19)12-7-5-6-8-14(12)21-4/h5-8,13,15,19H,9-11H2,1-4H3. The van der Waals surface area contributed by atoms with Crippen LogP contribution in [0.2, 0.25) is 0 Å². The van der Waals surface area contributed by atoms with E-state index in [0.717, 1.165) is 0 Å². The van der Waals surface area contributed by atoms with Crippen molar-refractivity contribution < 1.29 is 24.1 Å². The average molecular weight is 323 g/mol. The summed E-state index contributed by atoms with van der Waals surface area (Å²) < 4.78 is 16.2. The Labute approximate surface area is 136 Å². The van der Waals surface area contributed by atoms with Crippen LogP contribution in [0.1, 0.15) is 32.4 Å². The van der Waals surface area contributed by atoms with Gasteiger partial charge in [-0.3, -0.25) is 4.90 Å². The Morgan fingerprint density at radius 3 is 2.74 bits per heavy atom. The van der Waals surface area contributed by atoms with Crippen LogP contribution in [0.15, 0.2) is 24.3 Å². The largest absolute Gasteiger partial charge is 0.496 e. The van der Waals surface area contributed by atoms with Gasteiger partial charge in [-0.1, -0.05) is 18.2 Å². The molecule has 128 valence electrons. The lowest BCUT2D eigenvalue weighted by Gasteiger charge is -2.39. The van der Waals surface area contributed by atoms with E-state index >= 15 is 0 Å². The highest BCUT2D eigenvalue weighted by molar-refractivity contribution is 5.69. The third kappa shape index (κ3) is 4.36. The minimum absolute atomic E-state index is 0.248. The smallest absolute Gasteiger partial charge is 0.410 e. The number of aliphatic hydroxyl groups is 1. The van der Waals surface area contributed by atoms with Crippen molar-refractivity contribution in [1.29, 1.82) is 0 Å². The van der Waals surface area contributed by atoms with E-state index in [1.807, 2.05) is 32.9 Å². The molecule has 2 rings (SSSR count). The number of methoxy groups -OCH3 is 1. The van der Waals surface area contributed by atoms with E-state index < -0.39 is 23.8 Å². The Balaban J connectivity index is 2.22. The van der Waals surface area contributed by atoms with Crippen LogP contribution in [0.5, 0.6) is 5.75 Å². The van der Waals surface area contributed by atoms with Gasteiger partial charge in [0.05, 0.1) is 26.4 Å². The van der Waals surface area contributed by atoms with Crippen molar-refractivity contribution in [1.82, 2.24) is 4.90 Å². The minimum atomic E-state index is -0.918. The molecule has 0 aliphatic carbocycles. The molecule has 1 heterocycles. The highest BCUT2D eigenvalue weighted by atomic mass is 16.6. The van der Waals surface area contributed by atoms with Gasteiger partial charge in [-0.2, -0.15) is 0 Å². The number of ether oxygens (including phenoxy) is 3. The molecule has 23 heavy (non-hydrogen) atoms. The van der Waals surface area contributed by atoms with Crippen LogP contribution in [-0.4, -0.2) is 54.6 Å². The lowest BCUT2D eigenvalue weighted by molar-refractivity contribution is -0.0676. The zero-order chi connectivity index (χ0) is 17.0. The van der Waals surface area contributed by atoms with Crippen LogP contribution in [0.25, 0.3) is 0 Å². The number of hydrogen-bond acceptors (Lipinski definition) is 5. The molecule has 6 nitrogen and oxygen atoms in total. The maximum atomic E-state index is 12.4. The molecule has 1 aliphatic heterocycles. The highest BCUT2D eigenvalue weighted by Gasteiger charge is 2.36. The maximum absolute atomic E-state index is 12.4. The van der Waals surface area contributed by atoms with E-state index in [1.54, 1.807) is 19.2 Å². The van der Waals surface area contributed by atoms with Crippen molar-refractivity contribution >= 4 is 6.09 Å². The second kappa shape index (κ2) is 7.19. The van der Waals surface area contributed by atoms with Gasteiger partial charge in [-0.05, 0) is 26.8 Å². The molecule has 1 N–H and O–H groups in total. The monoisotopic (exact) mass is 323 g/mol. The predicted octanol–water partition coefficient (Wildman–Crippen LogP) is 2.36. The lowest BCUT2D eigenvalue weighted by atomic mass is 10.00. The molecule has 1 saturated heterocycles. The first-order chi connectivity index (χ1) is 10.8. The summed E-state index contributed by atoms with van der Waals surface area (Å²) in [7, 11) is 1.55. The summed E-state index contributed by atoms with van der Waals surface area (Å²) >= 11 is 0. The van der Waals surface area contributed by atoms with Crippen LogP contribution >= 0.6 is 0 Å². The van der Waals surface area contributed by atoms with Crippen LogP contribution in [0.3, 0.4) is 0 Å².